The van der Waals surface area contributed by atoms with E-state index in [9.17, 15) is 14.7 Å². The van der Waals surface area contributed by atoms with Crippen LogP contribution in [0, 0.1) is 0 Å². The second kappa shape index (κ2) is 10.4. The smallest absolute Gasteiger partial charge is 0.295 e. The maximum Gasteiger partial charge on any atom is 0.295 e. The summed E-state index contributed by atoms with van der Waals surface area (Å²) < 4.78 is 11.2. The van der Waals surface area contributed by atoms with Gasteiger partial charge in [-0.1, -0.05) is 18.2 Å². The fourth-order valence-electron chi connectivity index (χ4n) is 4.11. The summed E-state index contributed by atoms with van der Waals surface area (Å²) in [7, 11) is 0. The summed E-state index contributed by atoms with van der Waals surface area (Å²) in [4.78, 5) is 31.9. The normalized spacial score (nSPS) is 17.1. The molecule has 180 valence electrons. The highest BCUT2D eigenvalue weighted by Crippen LogP contribution is 2.40. The standard InChI is InChI=1S/C28H28N2O5/c1-4-34-22-11-7-20(8-12-22)25-24(26(31)21-9-13-23(14-10-21)35-18(2)3)27(32)28(33)30(25)17-19-6-5-15-29-16-19/h5-16,18,25,31H,4,17H2,1-3H3/b26-24+/t25-/m1/s1. The number of pyridine rings is 1. The quantitative estimate of drug-likeness (QED) is 0.285. The number of carbonyl (C=O) groups excluding carboxylic acids is 2. The Morgan fingerprint density at radius 3 is 2.31 bits per heavy atom. The molecule has 0 aliphatic carbocycles. The molecule has 1 aliphatic rings. The summed E-state index contributed by atoms with van der Waals surface area (Å²) in [6.45, 7) is 6.45. The molecule has 0 spiro atoms. The summed E-state index contributed by atoms with van der Waals surface area (Å²) in [5.41, 5.74) is 1.94. The zero-order valence-electron chi connectivity index (χ0n) is 20.0. The number of Topliss-reactive ketones (excluding diaryl/α,β-unsaturated/α-hetero) is 1. The number of hydrogen-bond donors (Lipinski definition) is 1. The van der Waals surface area contributed by atoms with Gasteiger partial charge in [-0.25, -0.2) is 0 Å². The van der Waals surface area contributed by atoms with Gasteiger partial charge in [0.15, 0.2) is 0 Å². The van der Waals surface area contributed by atoms with Crippen molar-refractivity contribution in [1.82, 2.24) is 9.88 Å². The van der Waals surface area contributed by atoms with E-state index in [0.717, 1.165) is 5.56 Å². The lowest BCUT2D eigenvalue weighted by molar-refractivity contribution is -0.140. The minimum atomic E-state index is -0.766. The average molecular weight is 473 g/mol. The molecule has 2 heterocycles. The largest absolute Gasteiger partial charge is 0.507 e. The fraction of sp³-hybridized carbons (Fsp3) is 0.250. The van der Waals surface area contributed by atoms with Gasteiger partial charge in [-0.2, -0.15) is 0 Å². The first-order chi connectivity index (χ1) is 16.9. The van der Waals surface area contributed by atoms with Crippen molar-refractivity contribution < 1.29 is 24.2 Å². The van der Waals surface area contributed by atoms with Crippen molar-refractivity contribution in [2.24, 2.45) is 0 Å². The van der Waals surface area contributed by atoms with Crippen LogP contribution in [0.15, 0.2) is 78.6 Å². The second-order valence-corrected chi connectivity index (χ2v) is 8.48. The molecule has 1 atom stereocenters. The molecule has 35 heavy (non-hydrogen) atoms. The molecule has 2 aromatic carbocycles. The first-order valence-corrected chi connectivity index (χ1v) is 11.6. The van der Waals surface area contributed by atoms with Crippen molar-refractivity contribution in [3.63, 3.8) is 0 Å². The first-order valence-electron chi connectivity index (χ1n) is 11.6. The number of rotatable bonds is 8. The Bertz CT molecular complexity index is 1220. The number of nitrogens with zero attached hydrogens (tertiary/aromatic N) is 2. The summed E-state index contributed by atoms with van der Waals surface area (Å²) in [6, 6.07) is 16.9. The van der Waals surface area contributed by atoms with Gasteiger partial charge >= 0.3 is 0 Å². The van der Waals surface area contributed by atoms with Crippen molar-refractivity contribution >= 4 is 17.4 Å². The Kier molecular flexibility index (Phi) is 7.15. The van der Waals surface area contributed by atoms with E-state index >= 15 is 0 Å². The third-order valence-corrected chi connectivity index (χ3v) is 5.62. The molecule has 1 aromatic heterocycles. The number of likely N-dealkylation sites (tertiary alicyclic amines) is 1. The Morgan fingerprint density at radius 1 is 1.03 bits per heavy atom. The second-order valence-electron chi connectivity index (χ2n) is 8.48. The Labute approximate surface area is 204 Å². The van der Waals surface area contributed by atoms with Crippen LogP contribution in [-0.2, 0) is 16.1 Å². The molecular weight excluding hydrogens is 444 g/mol. The van der Waals surface area contributed by atoms with Gasteiger partial charge in [0.05, 0.1) is 24.3 Å². The third-order valence-electron chi connectivity index (χ3n) is 5.62. The SMILES string of the molecule is CCOc1ccc([C@@H]2/C(=C(\O)c3ccc(OC(C)C)cc3)C(=O)C(=O)N2Cc2cccnc2)cc1. The van der Waals surface area contributed by atoms with Crippen molar-refractivity contribution in [2.75, 3.05) is 6.61 Å². The fourth-order valence-corrected chi connectivity index (χ4v) is 4.11. The summed E-state index contributed by atoms with van der Waals surface area (Å²) in [5, 5.41) is 11.2. The molecule has 0 saturated carbocycles. The molecule has 1 fully saturated rings. The van der Waals surface area contributed by atoms with Gasteiger partial charge in [-0.15, -0.1) is 0 Å². The van der Waals surface area contributed by atoms with Gasteiger partial charge in [0, 0.05) is 24.5 Å². The predicted molar refractivity (Wildman–Crippen MR) is 132 cm³/mol. The summed E-state index contributed by atoms with van der Waals surface area (Å²) in [5.74, 6) is -0.299. The highest BCUT2D eigenvalue weighted by molar-refractivity contribution is 6.46. The number of aliphatic hydroxyl groups excluding tert-OH is 1. The van der Waals surface area contributed by atoms with Crippen LogP contribution in [0.1, 0.15) is 43.5 Å². The zero-order valence-corrected chi connectivity index (χ0v) is 20.0. The van der Waals surface area contributed by atoms with E-state index in [1.165, 1.54) is 4.90 Å². The van der Waals surface area contributed by atoms with Crippen molar-refractivity contribution in [3.05, 3.63) is 95.3 Å². The monoisotopic (exact) mass is 472 g/mol. The number of aromatic nitrogens is 1. The molecule has 7 nitrogen and oxygen atoms in total. The van der Waals surface area contributed by atoms with Gasteiger partial charge in [-0.05, 0) is 74.4 Å². The zero-order chi connectivity index (χ0) is 24.9. The Hall–Kier alpha value is -4.13. The summed E-state index contributed by atoms with van der Waals surface area (Å²) >= 11 is 0. The third kappa shape index (κ3) is 5.19. The number of hydrogen-bond acceptors (Lipinski definition) is 6. The van der Waals surface area contributed by atoms with Crippen molar-refractivity contribution in [1.29, 1.82) is 0 Å². The topological polar surface area (TPSA) is 89.0 Å². The lowest BCUT2D eigenvalue weighted by Crippen LogP contribution is -2.29. The van der Waals surface area contributed by atoms with Gasteiger partial charge in [0.1, 0.15) is 17.3 Å². The minimum Gasteiger partial charge on any atom is -0.507 e. The minimum absolute atomic E-state index is 0.00640. The van der Waals surface area contributed by atoms with Crippen LogP contribution >= 0.6 is 0 Å². The highest BCUT2D eigenvalue weighted by Gasteiger charge is 2.46. The highest BCUT2D eigenvalue weighted by atomic mass is 16.5. The van der Waals surface area contributed by atoms with Crippen LogP contribution in [0.2, 0.25) is 0 Å². The molecule has 1 amide bonds. The molecule has 1 aliphatic heterocycles. The molecule has 4 rings (SSSR count). The average Bonchev–Trinajstić information content (AvgIpc) is 3.10. The van der Waals surface area contributed by atoms with Gasteiger partial charge in [-0.3, -0.25) is 14.6 Å². The predicted octanol–water partition coefficient (Wildman–Crippen LogP) is 4.89. The van der Waals surface area contributed by atoms with E-state index in [2.05, 4.69) is 4.98 Å². The molecular formula is C28H28N2O5. The number of ketones is 1. The van der Waals surface area contributed by atoms with Crippen molar-refractivity contribution in [3.8, 4) is 11.5 Å². The van der Waals surface area contributed by atoms with E-state index in [-0.39, 0.29) is 24.0 Å². The maximum atomic E-state index is 13.2. The Balaban J connectivity index is 1.78. The molecule has 1 N–H and O–H groups in total. The number of carbonyl (C=O) groups is 2. The maximum absolute atomic E-state index is 13.2. The number of amides is 1. The van der Waals surface area contributed by atoms with Gasteiger partial charge < -0.3 is 19.5 Å². The van der Waals surface area contributed by atoms with Gasteiger partial charge in [0.25, 0.3) is 11.7 Å². The molecule has 0 bridgehead atoms. The number of aliphatic hydroxyl groups is 1. The van der Waals surface area contributed by atoms with Crippen LogP contribution in [0.4, 0.5) is 0 Å². The van der Waals surface area contributed by atoms with Crippen LogP contribution in [0.3, 0.4) is 0 Å². The molecule has 7 heteroatoms. The lowest BCUT2D eigenvalue weighted by atomic mass is 9.95. The molecule has 0 unspecified atom stereocenters. The molecule has 0 radical (unpaired) electrons. The van der Waals surface area contributed by atoms with E-state index in [1.807, 2.05) is 39.0 Å². The molecule has 1 saturated heterocycles. The first kappa shape index (κ1) is 24.0. The molecule has 3 aromatic rings. The van der Waals surface area contributed by atoms with Crippen LogP contribution in [-0.4, -0.2) is 39.4 Å². The van der Waals surface area contributed by atoms with Crippen LogP contribution < -0.4 is 9.47 Å². The van der Waals surface area contributed by atoms with E-state index in [1.54, 1.807) is 54.9 Å². The lowest BCUT2D eigenvalue weighted by Gasteiger charge is -2.25. The van der Waals surface area contributed by atoms with E-state index in [4.69, 9.17) is 9.47 Å². The number of ether oxygens (including phenoxy) is 2. The van der Waals surface area contributed by atoms with Crippen LogP contribution in [0.25, 0.3) is 5.76 Å². The van der Waals surface area contributed by atoms with Gasteiger partial charge in [0.2, 0.25) is 0 Å². The summed E-state index contributed by atoms with van der Waals surface area (Å²) in [6.07, 6.45) is 3.31. The van der Waals surface area contributed by atoms with E-state index < -0.39 is 17.7 Å². The number of benzene rings is 2. The van der Waals surface area contributed by atoms with Crippen molar-refractivity contribution in [2.45, 2.75) is 39.5 Å². The van der Waals surface area contributed by atoms with E-state index in [0.29, 0.717) is 29.2 Å². The Morgan fingerprint density at radius 2 is 1.71 bits per heavy atom. The van der Waals surface area contributed by atoms with Crippen LogP contribution in [0.5, 0.6) is 11.5 Å².